The van der Waals surface area contributed by atoms with Crippen molar-refractivity contribution in [2.24, 2.45) is 0 Å². The fourth-order valence-electron chi connectivity index (χ4n) is 2.48. The summed E-state index contributed by atoms with van der Waals surface area (Å²) in [5.74, 6) is 0.0406. The minimum Gasteiger partial charge on any atom is -0.496 e. The second-order valence-electron chi connectivity index (χ2n) is 5.29. The van der Waals surface area contributed by atoms with Gasteiger partial charge in [0.2, 0.25) is 0 Å². The van der Waals surface area contributed by atoms with Crippen LogP contribution in [0, 0.1) is 5.82 Å². The highest BCUT2D eigenvalue weighted by Gasteiger charge is 2.19. The third kappa shape index (κ3) is 3.47. The number of aromatic nitrogens is 4. The van der Waals surface area contributed by atoms with Gasteiger partial charge in [-0.05, 0) is 31.2 Å². The molecule has 2 aromatic heterocycles. The maximum absolute atomic E-state index is 14.1. The van der Waals surface area contributed by atoms with Crippen LogP contribution in [-0.4, -0.2) is 32.8 Å². The zero-order valence-electron chi connectivity index (χ0n) is 13.7. The summed E-state index contributed by atoms with van der Waals surface area (Å²) in [5.41, 5.74) is 0.673. The molecule has 3 aromatic rings. The van der Waals surface area contributed by atoms with Gasteiger partial charge < -0.3 is 10.1 Å². The number of halogens is 1. The van der Waals surface area contributed by atoms with Gasteiger partial charge in [-0.1, -0.05) is 6.07 Å². The smallest absolute Gasteiger partial charge is 0.251 e. The fraction of sp³-hybridized carbons (Fsp3) is 0.176. The number of nitrogens with one attached hydrogen (secondary N) is 1. The second-order valence-corrected chi connectivity index (χ2v) is 5.29. The van der Waals surface area contributed by atoms with Crippen LogP contribution in [0.3, 0.4) is 0 Å². The van der Waals surface area contributed by atoms with E-state index >= 15 is 0 Å². The highest BCUT2D eigenvalue weighted by Crippen LogP contribution is 2.27. The number of benzene rings is 1. The zero-order valence-corrected chi connectivity index (χ0v) is 13.7. The molecule has 7 nitrogen and oxygen atoms in total. The van der Waals surface area contributed by atoms with Crippen LogP contribution < -0.4 is 10.1 Å². The molecule has 0 aliphatic rings. The molecule has 8 heteroatoms. The Bertz CT molecular complexity index is 883. The van der Waals surface area contributed by atoms with Crippen LogP contribution in [0.25, 0.3) is 5.82 Å². The molecule has 0 aliphatic heterocycles. The van der Waals surface area contributed by atoms with E-state index in [1.807, 2.05) is 0 Å². The van der Waals surface area contributed by atoms with Crippen molar-refractivity contribution in [2.75, 3.05) is 7.11 Å². The van der Waals surface area contributed by atoms with Gasteiger partial charge in [-0.15, -0.1) is 0 Å². The van der Waals surface area contributed by atoms with Crippen molar-refractivity contribution in [3.63, 3.8) is 0 Å². The van der Waals surface area contributed by atoms with Gasteiger partial charge in [0.05, 0.1) is 18.7 Å². The van der Waals surface area contributed by atoms with Crippen molar-refractivity contribution >= 4 is 5.91 Å². The summed E-state index contributed by atoms with van der Waals surface area (Å²) in [6, 6.07) is 7.11. The number of carbonyl (C=O) groups excluding carboxylic acids is 1. The Kier molecular flexibility index (Phi) is 4.69. The first-order valence-electron chi connectivity index (χ1n) is 7.54. The lowest BCUT2D eigenvalue weighted by Gasteiger charge is -2.18. The first-order chi connectivity index (χ1) is 12.1. The molecule has 0 radical (unpaired) electrons. The third-order valence-corrected chi connectivity index (χ3v) is 3.67. The zero-order chi connectivity index (χ0) is 17.8. The van der Waals surface area contributed by atoms with Gasteiger partial charge in [-0.2, -0.15) is 5.10 Å². The van der Waals surface area contributed by atoms with E-state index in [2.05, 4.69) is 20.4 Å². The molecular weight excluding hydrogens is 325 g/mol. The number of pyridine rings is 1. The van der Waals surface area contributed by atoms with Crippen molar-refractivity contribution in [3.05, 3.63) is 66.1 Å². The number of hydrogen-bond donors (Lipinski definition) is 1. The molecule has 0 spiro atoms. The van der Waals surface area contributed by atoms with E-state index < -0.39 is 11.9 Å². The van der Waals surface area contributed by atoms with Crippen LogP contribution in [0.1, 0.15) is 28.9 Å². The van der Waals surface area contributed by atoms with Crippen LogP contribution in [0.4, 0.5) is 4.39 Å². The summed E-state index contributed by atoms with van der Waals surface area (Å²) in [7, 11) is 1.46. The summed E-state index contributed by atoms with van der Waals surface area (Å²) < 4.78 is 20.8. The first-order valence-corrected chi connectivity index (χ1v) is 7.54. The van der Waals surface area contributed by atoms with Crippen molar-refractivity contribution in [1.29, 1.82) is 0 Å². The average molecular weight is 341 g/mol. The van der Waals surface area contributed by atoms with E-state index in [0.717, 1.165) is 0 Å². The number of methoxy groups -OCH3 is 1. The highest BCUT2D eigenvalue weighted by atomic mass is 19.1. The number of nitrogens with zero attached hydrogens (tertiary/aromatic N) is 4. The molecule has 1 aromatic carbocycles. The molecule has 0 fully saturated rings. The maximum Gasteiger partial charge on any atom is 0.251 e. The van der Waals surface area contributed by atoms with Crippen LogP contribution >= 0.6 is 0 Å². The minimum atomic E-state index is -0.577. The van der Waals surface area contributed by atoms with Gasteiger partial charge >= 0.3 is 0 Å². The normalized spacial score (nSPS) is 11.8. The summed E-state index contributed by atoms with van der Waals surface area (Å²) in [5, 5.41) is 6.74. The highest BCUT2D eigenvalue weighted by molar-refractivity contribution is 5.94. The Labute approximate surface area is 143 Å². The molecule has 128 valence electrons. The fourth-order valence-corrected chi connectivity index (χ4v) is 2.48. The van der Waals surface area contributed by atoms with E-state index in [4.69, 9.17) is 4.74 Å². The summed E-state index contributed by atoms with van der Waals surface area (Å²) in [4.78, 5) is 20.5. The van der Waals surface area contributed by atoms with Crippen molar-refractivity contribution < 1.29 is 13.9 Å². The van der Waals surface area contributed by atoms with Crippen LogP contribution in [-0.2, 0) is 0 Å². The Morgan fingerprint density at radius 2 is 2.20 bits per heavy atom. The number of hydrogen-bond acceptors (Lipinski definition) is 5. The van der Waals surface area contributed by atoms with E-state index in [0.29, 0.717) is 22.7 Å². The second kappa shape index (κ2) is 7.08. The lowest BCUT2D eigenvalue weighted by atomic mass is 10.1. The van der Waals surface area contributed by atoms with Crippen LogP contribution in [0.15, 0.2) is 49.2 Å². The Hall–Kier alpha value is -3.29. The van der Waals surface area contributed by atoms with E-state index in [9.17, 15) is 9.18 Å². The van der Waals surface area contributed by atoms with E-state index in [1.165, 1.54) is 36.7 Å². The molecule has 1 atom stereocenters. The number of amides is 1. The van der Waals surface area contributed by atoms with Crippen molar-refractivity contribution in [3.8, 4) is 11.6 Å². The monoisotopic (exact) mass is 341 g/mol. The molecule has 25 heavy (non-hydrogen) atoms. The molecule has 0 saturated carbocycles. The molecule has 1 amide bonds. The molecule has 0 saturated heterocycles. The van der Waals surface area contributed by atoms with Crippen molar-refractivity contribution in [2.45, 2.75) is 13.0 Å². The van der Waals surface area contributed by atoms with Gasteiger partial charge in [-0.3, -0.25) is 4.79 Å². The van der Waals surface area contributed by atoms with E-state index in [1.54, 1.807) is 31.2 Å². The van der Waals surface area contributed by atoms with Gasteiger partial charge in [0.1, 0.15) is 24.2 Å². The Morgan fingerprint density at radius 3 is 2.92 bits per heavy atom. The molecule has 0 unspecified atom stereocenters. The topological polar surface area (TPSA) is 81.9 Å². The van der Waals surface area contributed by atoms with Gasteiger partial charge in [0.25, 0.3) is 5.91 Å². The molecule has 0 bridgehead atoms. The number of ether oxygens (including phenoxy) is 1. The Morgan fingerprint density at radius 1 is 1.36 bits per heavy atom. The minimum absolute atomic E-state index is 0.295. The van der Waals surface area contributed by atoms with Gasteiger partial charge in [-0.25, -0.2) is 19.0 Å². The largest absolute Gasteiger partial charge is 0.496 e. The van der Waals surface area contributed by atoms with E-state index in [-0.39, 0.29) is 5.91 Å². The molecular formula is C17H16FN5O2. The summed E-state index contributed by atoms with van der Waals surface area (Å²) >= 11 is 0. The standard InChI is InChI=1S/C17H16FN5O2/c1-11(16-13(18)4-3-5-14(16)25-2)22-17(24)12-6-7-20-15(8-12)23-10-19-9-21-23/h3-11H,1-2H3,(H,22,24)/t11-/m1/s1. The molecule has 1 N–H and O–H groups in total. The molecule has 3 rings (SSSR count). The third-order valence-electron chi connectivity index (χ3n) is 3.67. The quantitative estimate of drug-likeness (QED) is 0.770. The molecule has 2 heterocycles. The Balaban J connectivity index is 1.82. The lowest BCUT2D eigenvalue weighted by Crippen LogP contribution is -2.27. The first kappa shape index (κ1) is 16.6. The lowest BCUT2D eigenvalue weighted by molar-refractivity contribution is 0.0939. The predicted octanol–water partition coefficient (Wildman–Crippen LogP) is 2.30. The summed E-state index contributed by atoms with van der Waals surface area (Å²) in [6.07, 6.45) is 4.36. The number of rotatable bonds is 5. The van der Waals surface area contributed by atoms with Crippen LogP contribution in [0.2, 0.25) is 0 Å². The average Bonchev–Trinajstić information content (AvgIpc) is 3.16. The SMILES string of the molecule is COc1cccc(F)c1[C@@H](C)NC(=O)c1ccnc(-n2cncn2)c1. The predicted molar refractivity (Wildman–Crippen MR) is 88.0 cm³/mol. The van der Waals surface area contributed by atoms with Gasteiger partial charge in [0.15, 0.2) is 5.82 Å². The van der Waals surface area contributed by atoms with Crippen LogP contribution in [0.5, 0.6) is 5.75 Å². The number of carbonyl (C=O) groups is 1. The van der Waals surface area contributed by atoms with Crippen molar-refractivity contribution in [1.82, 2.24) is 25.1 Å². The molecule has 0 aliphatic carbocycles. The summed E-state index contributed by atoms with van der Waals surface area (Å²) in [6.45, 7) is 1.69. The van der Waals surface area contributed by atoms with Gasteiger partial charge in [0, 0.05) is 11.8 Å². The maximum atomic E-state index is 14.1.